The molecule has 5 heteroatoms. The topological polar surface area (TPSA) is 69.9 Å². The highest BCUT2D eigenvalue weighted by atomic mass is 16.5. The largest absolute Gasteiger partial charge is 0.399 e. The molecule has 2 heterocycles. The zero-order valence-corrected chi connectivity index (χ0v) is 9.42. The van der Waals surface area contributed by atoms with Crippen LogP contribution in [0.15, 0.2) is 35.1 Å². The summed E-state index contributed by atoms with van der Waals surface area (Å²) >= 11 is 0. The second kappa shape index (κ2) is 3.62. The predicted molar refractivity (Wildman–Crippen MR) is 64.5 cm³/mol. The second-order valence-electron chi connectivity index (χ2n) is 4.06. The molecule has 3 rings (SSSR count). The number of hydrogen-bond acceptors (Lipinski definition) is 4. The minimum Gasteiger partial charge on any atom is -0.399 e. The fraction of sp³-hybridized carbons (Fsp3) is 0.167. The number of hydrogen-bond donors (Lipinski definition) is 1. The summed E-state index contributed by atoms with van der Waals surface area (Å²) < 4.78 is 7.20. The summed E-state index contributed by atoms with van der Waals surface area (Å²) in [6, 6.07) is 7.60. The number of aryl methyl sites for hydroxylation is 1. The summed E-state index contributed by atoms with van der Waals surface area (Å²) in [5.74, 6) is 0.818. The molecule has 0 aliphatic heterocycles. The molecule has 0 unspecified atom stereocenters. The quantitative estimate of drug-likeness (QED) is 0.681. The molecule has 0 radical (unpaired) electrons. The van der Waals surface area contributed by atoms with Gasteiger partial charge in [-0.05, 0) is 25.1 Å². The molecule has 2 N–H and O–H groups in total. The highest BCUT2D eigenvalue weighted by molar-refractivity contribution is 5.78. The third-order valence-corrected chi connectivity index (χ3v) is 2.65. The summed E-state index contributed by atoms with van der Waals surface area (Å²) in [6.45, 7) is 2.53. The third-order valence-electron chi connectivity index (χ3n) is 2.65. The third kappa shape index (κ3) is 1.75. The van der Waals surface area contributed by atoms with E-state index in [-0.39, 0.29) is 0 Å². The summed E-state index contributed by atoms with van der Waals surface area (Å²) in [5.41, 5.74) is 9.24. The van der Waals surface area contributed by atoms with Crippen molar-refractivity contribution in [2.75, 3.05) is 5.73 Å². The highest BCUT2D eigenvalue weighted by Crippen LogP contribution is 2.17. The first kappa shape index (κ1) is 9.89. The molecular weight excluding hydrogens is 216 g/mol. The molecule has 3 aromatic rings. The van der Waals surface area contributed by atoms with Crippen molar-refractivity contribution < 1.29 is 4.52 Å². The van der Waals surface area contributed by atoms with E-state index >= 15 is 0 Å². The van der Waals surface area contributed by atoms with Crippen molar-refractivity contribution in [3.63, 3.8) is 0 Å². The van der Waals surface area contributed by atoms with Crippen LogP contribution in [0.2, 0.25) is 0 Å². The number of nitrogen functional groups attached to an aromatic ring is 1. The maximum atomic E-state index is 5.71. The van der Waals surface area contributed by atoms with Crippen LogP contribution in [0, 0.1) is 6.92 Å². The van der Waals surface area contributed by atoms with E-state index in [4.69, 9.17) is 10.3 Å². The van der Waals surface area contributed by atoms with Crippen LogP contribution >= 0.6 is 0 Å². The van der Waals surface area contributed by atoms with Gasteiger partial charge in [0, 0.05) is 11.8 Å². The van der Waals surface area contributed by atoms with E-state index < -0.39 is 0 Å². The van der Waals surface area contributed by atoms with Gasteiger partial charge in [-0.3, -0.25) is 0 Å². The average Bonchev–Trinajstić information content (AvgIpc) is 2.86. The summed E-state index contributed by atoms with van der Waals surface area (Å²) in [6.07, 6.45) is 1.78. The van der Waals surface area contributed by atoms with Gasteiger partial charge in [-0.25, -0.2) is 4.98 Å². The Labute approximate surface area is 97.8 Å². The van der Waals surface area contributed by atoms with Crippen molar-refractivity contribution in [3.05, 3.63) is 42.0 Å². The van der Waals surface area contributed by atoms with Gasteiger partial charge in [0.15, 0.2) is 5.76 Å². The highest BCUT2D eigenvalue weighted by Gasteiger charge is 2.06. The van der Waals surface area contributed by atoms with Crippen molar-refractivity contribution in [3.8, 4) is 0 Å². The molecular formula is C12H12N4O. The SMILES string of the molecule is Cc1cc(Cn2cnc3cc(N)ccc32)on1. The lowest BCUT2D eigenvalue weighted by Crippen LogP contribution is -1.96. The van der Waals surface area contributed by atoms with Gasteiger partial charge < -0.3 is 14.8 Å². The molecule has 2 aromatic heterocycles. The predicted octanol–water partition coefficient (Wildman–Crippen LogP) is 1.96. The molecule has 1 aromatic carbocycles. The molecule has 0 aliphatic carbocycles. The lowest BCUT2D eigenvalue weighted by Gasteiger charge is -2.00. The zero-order valence-electron chi connectivity index (χ0n) is 9.42. The number of nitrogens with zero attached hydrogens (tertiary/aromatic N) is 3. The maximum absolute atomic E-state index is 5.71. The van der Waals surface area contributed by atoms with Crippen molar-refractivity contribution in [2.24, 2.45) is 0 Å². The number of rotatable bonds is 2. The van der Waals surface area contributed by atoms with Crippen LogP contribution in [0.1, 0.15) is 11.5 Å². The number of anilines is 1. The van der Waals surface area contributed by atoms with Gasteiger partial charge >= 0.3 is 0 Å². The van der Waals surface area contributed by atoms with Gasteiger partial charge in [0.25, 0.3) is 0 Å². The Balaban J connectivity index is 2.00. The van der Waals surface area contributed by atoms with E-state index in [1.54, 1.807) is 6.33 Å². The summed E-state index contributed by atoms with van der Waals surface area (Å²) in [4.78, 5) is 4.30. The number of benzene rings is 1. The zero-order chi connectivity index (χ0) is 11.8. The van der Waals surface area contributed by atoms with E-state index in [1.807, 2.05) is 35.8 Å². The molecule has 5 nitrogen and oxygen atoms in total. The Morgan fingerprint density at radius 2 is 2.24 bits per heavy atom. The molecule has 86 valence electrons. The van der Waals surface area contributed by atoms with Crippen LogP contribution in [-0.4, -0.2) is 14.7 Å². The smallest absolute Gasteiger partial charge is 0.156 e. The molecule has 0 amide bonds. The van der Waals surface area contributed by atoms with E-state index in [0.29, 0.717) is 6.54 Å². The molecule has 17 heavy (non-hydrogen) atoms. The summed E-state index contributed by atoms with van der Waals surface area (Å²) in [7, 11) is 0. The van der Waals surface area contributed by atoms with E-state index in [0.717, 1.165) is 28.2 Å². The Morgan fingerprint density at radius 3 is 3.00 bits per heavy atom. The van der Waals surface area contributed by atoms with Crippen molar-refractivity contribution >= 4 is 16.7 Å². The van der Waals surface area contributed by atoms with Gasteiger partial charge in [0.05, 0.1) is 29.6 Å². The Morgan fingerprint density at radius 1 is 1.35 bits per heavy atom. The normalized spacial score (nSPS) is 11.1. The maximum Gasteiger partial charge on any atom is 0.156 e. The van der Waals surface area contributed by atoms with Crippen LogP contribution in [-0.2, 0) is 6.54 Å². The van der Waals surface area contributed by atoms with Crippen LogP contribution in [0.3, 0.4) is 0 Å². The fourth-order valence-corrected chi connectivity index (χ4v) is 1.87. The lowest BCUT2D eigenvalue weighted by atomic mass is 10.3. The van der Waals surface area contributed by atoms with Crippen LogP contribution in [0.25, 0.3) is 11.0 Å². The van der Waals surface area contributed by atoms with Gasteiger partial charge in [-0.15, -0.1) is 0 Å². The molecule has 0 atom stereocenters. The van der Waals surface area contributed by atoms with Crippen molar-refractivity contribution in [2.45, 2.75) is 13.5 Å². The van der Waals surface area contributed by atoms with Crippen molar-refractivity contribution in [1.82, 2.24) is 14.7 Å². The first-order valence-corrected chi connectivity index (χ1v) is 5.35. The van der Waals surface area contributed by atoms with Crippen LogP contribution < -0.4 is 5.73 Å². The monoisotopic (exact) mass is 228 g/mol. The van der Waals surface area contributed by atoms with E-state index in [9.17, 15) is 0 Å². The number of aromatic nitrogens is 3. The van der Waals surface area contributed by atoms with Crippen LogP contribution in [0.5, 0.6) is 0 Å². The molecule has 0 saturated carbocycles. The van der Waals surface area contributed by atoms with Gasteiger partial charge in [0.1, 0.15) is 0 Å². The number of fused-ring (bicyclic) bond motifs is 1. The number of imidazole rings is 1. The average molecular weight is 228 g/mol. The van der Waals surface area contributed by atoms with Gasteiger partial charge in [-0.2, -0.15) is 0 Å². The van der Waals surface area contributed by atoms with Crippen LogP contribution in [0.4, 0.5) is 5.69 Å². The van der Waals surface area contributed by atoms with E-state index in [2.05, 4.69) is 10.1 Å². The van der Waals surface area contributed by atoms with Gasteiger partial charge in [0.2, 0.25) is 0 Å². The van der Waals surface area contributed by atoms with E-state index in [1.165, 1.54) is 0 Å². The number of nitrogens with two attached hydrogens (primary N) is 1. The van der Waals surface area contributed by atoms with Crippen molar-refractivity contribution in [1.29, 1.82) is 0 Å². The Hall–Kier alpha value is -2.30. The summed E-state index contributed by atoms with van der Waals surface area (Å²) in [5, 5.41) is 3.86. The molecule has 0 aliphatic rings. The first-order chi connectivity index (χ1) is 8.22. The Kier molecular flexibility index (Phi) is 2.11. The molecule has 0 fully saturated rings. The second-order valence-corrected chi connectivity index (χ2v) is 4.06. The Bertz CT molecular complexity index is 668. The molecule has 0 saturated heterocycles. The standard InChI is InChI=1S/C12H12N4O/c1-8-4-10(17-15-8)6-16-7-14-11-5-9(13)2-3-12(11)16/h2-5,7H,6,13H2,1H3. The minimum atomic E-state index is 0.626. The van der Waals surface area contributed by atoms with Gasteiger partial charge in [-0.1, -0.05) is 5.16 Å². The minimum absolute atomic E-state index is 0.626. The lowest BCUT2D eigenvalue weighted by molar-refractivity contribution is 0.374. The first-order valence-electron chi connectivity index (χ1n) is 5.35. The molecule has 0 bridgehead atoms. The molecule has 0 spiro atoms. The fourth-order valence-electron chi connectivity index (χ4n) is 1.87.